The Morgan fingerprint density at radius 1 is 1.23 bits per heavy atom. The van der Waals surface area contributed by atoms with Gasteiger partial charge >= 0.3 is 5.69 Å². The highest BCUT2D eigenvalue weighted by molar-refractivity contribution is 5.70. The molecule has 0 atom stereocenters. The largest absolute Gasteiger partial charge is 0.332 e. The second-order valence-electron chi connectivity index (χ2n) is 6.03. The van der Waals surface area contributed by atoms with Gasteiger partial charge < -0.3 is 9.88 Å². The monoisotopic (exact) mass is 305 g/mol. The molecular weight excluding hydrogens is 282 g/mol. The zero-order chi connectivity index (χ0) is 15.9. The fourth-order valence-corrected chi connectivity index (χ4v) is 3.35. The molecule has 0 amide bonds. The predicted octanol–water partition coefficient (Wildman–Crippen LogP) is 0.225. The molecular formula is C15H23N5O2. The van der Waals surface area contributed by atoms with Crippen LogP contribution in [0.1, 0.15) is 25.6 Å². The predicted molar refractivity (Wildman–Crippen MR) is 85.2 cm³/mol. The maximum Gasteiger partial charge on any atom is 0.332 e. The molecule has 0 unspecified atom stereocenters. The van der Waals surface area contributed by atoms with Gasteiger partial charge in [-0.25, -0.2) is 9.78 Å². The molecule has 7 heteroatoms. The van der Waals surface area contributed by atoms with Gasteiger partial charge in [0, 0.05) is 20.1 Å². The lowest BCUT2D eigenvalue weighted by Crippen LogP contribution is -2.42. The maximum absolute atomic E-state index is 12.8. The quantitative estimate of drug-likeness (QED) is 0.880. The van der Waals surface area contributed by atoms with E-state index < -0.39 is 0 Å². The van der Waals surface area contributed by atoms with Crippen LogP contribution in [0.5, 0.6) is 0 Å². The number of imidazole rings is 1. The first-order valence-corrected chi connectivity index (χ1v) is 7.92. The average molecular weight is 305 g/mol. The molecule has 1 N–H and O–H groups in total. The zero-order valence-electron chi connectivity index (χ0n) is 13.4. The molecule has 0 aliphatic carbocycles. The highest BCUT2D eigenvalue weighted by Crippen LogP contribution is 2.14. The van der Waals surface area contributed by atoms with Gasteiger partial charge in [-0.1, -0.05) is 0 Å². The molecule has 1 fully saturated rings. The van der Waals surface area contributed by atoms with E-state index >= 15 is 0 Å². The van der Waals surface area contributed by atoms with Gasteiger partial charge in [0.25, 0.3) is 5.56 Å². The van der Waals surface area contributed by atoms with E-state index in [9.17, 15) is 9.59 Å². The number of hydrogen-bond acceptors (Lipinski definition) is 4. The number of hydrogen-bond donors (Lipinski definition) is 1. The summed E-state index contributed by atoms with van der Waals surface area (Å²) in [5.41, 5.74) is 0.544. The third-order valence-corrected chi connectivity index (χ3v) is 4.64. The molecule has 1 aliphatic heterocycles. The first-order chi connectivity index (χ1) is 10.5. The molecule has 1 saturated heterocycles. The van der Waals surface area contributed by atoms with E-state index in [0.29, 0.717) is 30.2 Å². The summed E-state index contributed by atoms with van der Waals surface area (Å²) in [5.74, 6) is 1.15. The van der Waals surface area contributed by atoms with Crippen molar-refractivity contribution in [2.24, 2.45) is 13.0 Å². The Labute approximate surface area is 128 Å². The van der Waals surface area contributed by atoms with E-state index in [-0.39, 0.29) is 11.2 Å². The van der Waals surface area contributed by atoms with Crippen LogP contribution in [-0.4, -0.2) is 31.8 Å². The van der Waals surface area contributed by atoms with Gasteiger partial charge in [0.2, 0.25) is 0 Å². The van der Waals surface area contributed by atoms with E-state index in [1.165, 1.54) is 9.13 Å². The summed E-state index contributed by atoms with van der Waals surface area (Å²) in [4.78, 5) is 29.8. The summed E-state index contributed by atoms with van der Waals surface area (Å²) < 4.78 is 4.78. The smallest absolute Gasteiger partial charge is 0.323 e. The number of aryl methyl sites for hydroxylation is 3. The van der Waals surface area contributed by atoms with Crippen molar-refractivity contribution in [2.45, 2.75) is 39.8 Å². The van der Waals surface area contributed by atoms with Gasteiger partial charge in [-0.3, -0.25) is 13.9 Å². The number of fused-ring (bicyclic) bond motifs is 1. The summed E-state index contributed by atoms with van der Waals surface area (Å²) in [7, 11) is 1.69. The van der Waals surface area contributed by atoms with Crippen LogP contribution in [0, 0.1) is 12.8 Å². The maximum atomic E-state index is 12.8. The first kappa shape index (κ1) is 15.0. The minimum absolute atomic E-state index is 0.209. The summed E-state index contributed by atoms with van der Waals surface area (Å²) in [6, 6.07) is 0. The summed E-state index contributed by atoms with van der Waals surface area (Å²) >= 11 is 0. The Morgan fingerprint density at radius 2 is 1.91 bits per heavy atom. The second kappa shape index (κ2) is 5.72. The molecule has 0 bridgehead atoms. The van der Waals surface area contributed by atoms with E-state index in [1.54, 1.807) is 7.05 Å². The standard InChI is InChI=1S/C15H23N5O2/c1-4-19-10(2)17-13-12(19)14(21)20(15(22)18(13)3)9-11-5-7-16-8-6-11/h11,16H,4-9H2,1-3H3. The highest BCUT2D eigenvalue weighted by Gasteiger charge is 2.21. The van der Waals surface area contributed by atoms with E-state index in [4.69, 9.17) is 0 Å². The van der Waals surface area contributed by atoms with Crippen LogP contribution in [-0.2, 0) is 20.1 Å². The SMILES string of the molecule is CCn1c(C)nc2c1c(=O)n(CC1CCNCC1)c(=O)n2C. The van der Waals surface area contributed by atoms with Crippen LogP contribution < -0.4 is 16.6 Å². The Balaban J connectivity index is 2.17. The van der Waals surface area contributed by atoms with Crippen molar-refractivity contribution < 1.29 is 0 Å². The Bertz CT molecular complexity index is 808. The van der Waals surface area contributed by atoms with Crippen molar-refractivity contribution in [2.75, 3.05) is 13.1 Å². The summed E-state index contributed by atoms with van der Waals surface area (Å²) in [6.45, 7) is 6.92. The third kappa shape index (κ3) is 2.29. The summed E-state index contributed by atoms with van der Waals surface area (Å²) in [5, 5.41) is 3.31. The Kier molecular flexibility index (Phi) is 3.90. The van der Waals surface area contributed by atoms with Gasteiger partial charge in [-0.15, -0.1) is 0 Å². The van der Waals surface area contributed by atoms with Crippen molar-refractivity contribution in [3.05, 3.63) is 26.7 Å². The van der Waals surface area contributed by atoms with Crippen LogP contribution in [0.3, 0.4) is 0 Å². The summed E-state index contributed by atoms with van der Waals surface area (Å²) in [6.07, 6.45) is 2.00. The zero-order valence-corrected chi connectivity index (χ0v) is 13.4. The number of rotatable bonds is 3. The molecule has 22 heavy (non-hydrogen) atoms. The van der Waals surface area contributed by atoms with Crippen LogP contribution in [0.4, 0.5) is 0 Å². The number of aromatic nitrogens is 4. The normalized spacial score (nSPS) is 16.5. The van der Waals surface area contributed by atoms with Gasteiger partial charge in [-0.2, -0.15) is 0 Å². The topological polar surface area (TPSA) is 73.8 Å². The van der Waals surface area contributed by atoms with Crippen LogP contribution in [0.25, 0.3) is 11.2 Å². The van der Waals surface area contributed by atoms with Crippen molar-refractivity contribution in [3.8, 4) is 0 Å². The lowest BCUT2D eigenvalue weighted by Gasteiger charge is -2.23. The minimum Gasteiger partial charge on any atom is -0.323 e. The van der Waals surface area contributed by atoms with Crippen LogP contribution in [0.2, 0.25) is 0 Å². The second-order valence-corrected chi connectivity index (χ2v) is 6.03. The van der Waals surface area contributed by atoms with Crippen molar-refractivity contribution >= 4 is 11.2 Å². The lowest BCUT2D eigenvalue weighted by molar-refractivity contribution is 0.323. The molecule has 2 aromatic rings. The number of piperidine rings is 1. The molecule has 0 saturated carbocycles. The van der Waals surface area contributed by atoms with Gasteiger partial charge in [0.05, 0.1) is 0 Å². The average Bonchev–Trinajstić information content (AvgIpc) is 2.87. The molecule has 7 nitrogen and oxygen atoms in total. The van der Waals surface area contributed by atoms with Gasteiger partial charge in [-0.05, 0) is 45.7 Å². The van der Waals surface area contributed by atoms with Crippen molar-refractivity contribution in [3.63, 3.8) is 0 Å². The molecule has 0 radical (unpaired) electrons. The van der Waals surface area contributed by atoms with Gasteiger partial charge in [0.1, 0.15) is 5.82 Å². The number of nitrogens with zero attached hydrogens (tertiary/aromatic N) is 4. The fourth-order valence-electron chi connectivity index (χ4n) is 3.35. The van der Waals surface area contributed by atoms with E-state index in [2.05, 4.69) is 10.3 Å². The van der Waals surface area contributed by atoms with Crippen molar-refractivity contribution in [1.82, 2.24) is 24.0 Å². The minimum atomic E-state index is -0.267. The molecule has 3 heterocycles. The van der Waals surface area contributed by atoms with Crippen LogP contribution in [0.15, 0.2) is 9.59 Å². The molecule has 0 spiro atoms. The van der Waals surface area contributed by atoms with E-state index in [1.807, 2.05) is 18.4 Å². The Morgan fingerprint density at radius 3 is 2.55 bits per heavy atom. The first-order valence-electron chi connectivity index (χ1n) is 7.92. The number of nitrogens with one attached hydrogen (secondary N) is 1. The molecule has 1 aliphatic rings. The third-order valence-electron chi connectivity index (χ3n) is 4.64. The lowest BCUT2D eigenvalue weighted by atomic mass is 9.98. The molecule has 120 valence electrons. The fraction of sp³-hybridized carbons (Fsp3) is 0.667. The molecule has 2 aromatic heterocycles. The Hall–Kier alpha value is -1.89. The van der Waals surface area contributed by atoms with Crippen LogP contribution >= 0.6 is 0 Å². The highest BCUT2D eigenvalue weighted by atomic mass is 16.2. The van der Waals surface area contributed by atoms with E-state index in [0.717, 1.165) is 31.8 Å². The molecule has 0 aromatic carbocycles. The molecule has 3 rings (SSSR count). The van der Waals surface area contributed by atoms with Crippen molar-refractivity contribution in [1.29, 1.82) is 0 Å². The van der Waals surface area contributed by atoms with Gasteiger partial charge in [0.15, 0.2) is 11.2 Å².